The number of nitrogens with two attached hydrogens (primary N) is 1. The molecule has 0 spiro atoms. The van der Waals surface area contributed by atoms with Crippen LogP contribution in [0.15, 0.2) is 6.33 Å². The molecule has 1 aromatic rings. The van der Waals surface area contributed by atoms with Crippen LogP contribution in [-0.4, -0.2) is 38.7 Å². The van der Waals surface area contributed by atoms with Gasteiger partial charge in [-0.05, 0) is 13.3 Å². The molecule has 84 valence electrons. The van der Waals surface area contributed by atoms with Gasteiger partial charge < -0.3 is 10.6 Å². The summed E-state index contributed by atoms with van der Waals surface area (Å²) in [5, 5.41) is 3.85. The molecule has 2 N–H and O–H groups in total. The summed E-state index contributed by atoms with van der Waals surface area (Å²) in [6.07, 6.45) is 2.39. The van der Waals surface area contributed by atoms with Crippen molar-refractivity contribution in [3.05, 3.63) is 6.33 Å². The molecule has 1 heterocycles. The summed E-state index contributed by atoms with van der Waals surface area (Å²) in [4.78, 5) is 17.2. The molecule has 0 fully saturated rings. The van der Waals surface area contributed by atoms with Crippen LogP contribution in [0.1, 0.15) is 20.3 Å². The fourth-order valence-corrected chi connectivity index (χ4v) is 1.16. The van der Waals surface area contributed by atoms with Gasteiger partial charge in [-0.1, -0.05) is 6.92 Å². The van der Waals surface area contributed by atoms with Crippen molar-refractivity contribution < 1.29 is 4.79 Å². The van der Waals surface area contributed by atoms with Crippen molar-refractivity contribution in [2.75, 3.05) is 12.8 Å². The number of nitrogens with zero attached hydrogens (tertiary/aromatic N) is 4. The number of nitrogen functional groups attached to an aromatic ring is 1. The second kappa shape index (κ2) is 4.77. The van der Waals surface area contributed by atoms with Crippen molar-refractivity contribution in [3.63, 3.8) is 0 Å². The topological polar surface area (TPSA) is 77.0 Å². The summed E-state index contributed by atoms with van der Waals surface area (Å²) < 4.78 is 1.44. The number of aromatic nitrogens is 3. The van der Waals surface area contributed by atoms with Crippen LogP contribution in [0.3, 0.4) is 0 Å². The Morgan fingerprint density at radius 2 is 2.40 bits per heavy atom. The quantitative estimate of drug-likeness (QED) is 0.767. The maximum Gasteiger partial charge on any atom is 0.244 e. The minimum Gasteiger partial charge on any atom is -0.367 e. The summed E-state index contributed by atoms with van der Waals surface area (Å²) in [5.74, 6) is 0.197. The molecule has 0 aliphatic rings. The van der Waals surface area contributed by atoms with Gasteiger partial charge in [0.15, 0.2) is 0 Å². The van der Waals surface area contributed by atoms with Crippen LogP contribution >= 0.6 is 0 Å². The lowest BCUT2D eigenvalue weighted by atomic mass is 10.2. The standard InChI is InChI=1S/C9H17N5O/c1-4-7(2)13(3)8(15)5-14-6-11-9(10)12-14/h6-7H,4-5H2,1-3H3,(H2,10,12). The summed E-state index contributed by atoms with van der Waals surface area (Å²) in [6, 6.07) is 0.235. The average Bonchev–Trinajstić information content (AvgIpc) is 2.61. The Morgan fingerprint density at radius 3 is 2.87 bits per heavy atom. The fourth-order valence-electron chi connectivity index (χ4n) is 1.16. The molecule has 0 radical (unpaired) electrons. The van der Waals surface area contributed by atoms with E-state index in [1.807, 2.05) is 13.8 Å². The minimum atomic E-state index is 0.00856. The predicted octanol–water partition coefficient (Wildman–Crippen LogP) is 0.117. The highest BCUT2D eigenvalue weighted by atomic mass is 16.2. The van der Waals surface area contributed by atoms with Crippen LogP contribution in [0.25, 0.3) is 0 Å². The van der Waals surface area contributed by atoms with Gasteiger partial charge in [-0.15, -0.1) is 5.10 Å². The van der Waals surface area contributed by atoms with E-state index in [1.54, 1.807) is 11.9 Å². The fraction of sp³-hybridized carbons (Fsp3) is 0.667. The Bertz CT molecular complexity index is 335. The number of amides is 1. The molecule has 15 heavy (non-hydrogen) atoms. The first-order chi connectivity index (χ1) is 7.04. The smallest absolute Gasteiger partial charge is 0.244 e. The third-order valence-electron chi connectivity index (χ3n) is 2.50. The van der Waals surface area contributed by atoms with E-state index in [2.05, 4.69) is 10.1 Å². The highest BCUT2D eigenvalue weighted by Crippen LogP contribution is 2.01. The number of carbonyl (C=O) groups is 1. The van der Waals surface area contributed by atoms with Gasteiger partial charge in [0.05, 0.1) is 0 Å². The predicted molar refractivity (Wildman–Crippen MR) is 57.0 cm³/mol. The van der Waals surface area contributed by atoms with Crippen molar-refractivity contribution in [1.29, 1.82) is 0 Å². The van der Waals surface area contributed by atoms with Gasteiger partial charge in [0.1, 0.15) is 12.9 Å². The zero-order valence-electron chi connectivity index (χ0n) is 9.34. The molecule has 6 heteroatoms. The molecule has 0 saturated carbocycles. The third kappa shape index (κ3) is 2.93. The normalized spacial score (nSPS) is 12.5. The number of anilines is 1. The maximum absolute atomic E-state index is 11.7. The molecule has 0 aliphatic heterocycles. The van der Waals surface area contributed by atoms with E-state index in [1.165, 1.54) is 11.0 Å². The third-order valence-corrected chi connectivity index (χ3v) is 2.50. The first-order valence-electron chi connectivity index (χ1n) is 4.95. The summed E-state index contributed by atoms with van der Waals surface area (Å²) >= 11 is 0. The van der Waals surface area contributed by atoms with Crippen molar-refractivity contribution >= 4 is 11.9 Å². The van der Waals surface area contributed by atoms with E-state index in [0.29, 0.717) is 0 Å². The largest absolute Gasteiger partial charge is 0.367 e. The van der Waals surface area contributed by atoms with Gasteiger partial charge in [0, 0.05) is 13.1 Å². The Labute approximate surface area is 89.1 Å². The Hall–Kier alpha value is -1.59. The first kappa shape index (κ1) is 11.5. The lowest BCUT2D eigenvalue weighted by molar-refractivity contribution is -0.132. The number of hydrogen-bond donors (Lipinski definition) is 1. The second-order valence-corrected chi connectivity index (χ2v) is 3.56. The van der Waals surface area contributed by atoms with Gasteiger partial charge in [-0.3, -0.25) is 4.79 Å². The van der Waals surface area contributed by atoms with Gasteiger partial charge in [-0.25, -0.2) is 9.67 Å². The number of carbonyl (C=O) groups excluding carboxylic acids is 1. The lowest BCUT2D eigenvalue weighted by Gasteiger charge is -2.23. The summed E-state index contributed by atoms with van der Waals surface area (Å²) in [7, 11) is 1.79. The van der Waals surface area contributed by atoms with Crippen molar-refractivity contribution in [2.45, 2.75) is 32.9 Å². The Kier molecular flexibility index (Phi) is 3.65. The van der Waals surface area contributed by atoms with E-state index in [9.17, 15) is 4.79 Å². The molecule has 1 unspecified atom stereocenters. The molecule has 1 aromatic heterocycles. The summed E-state index contributed by atoms with van der Waals surface area (Å²) in [5.41, 5.74) is 5.35. The zero-order chi connectivity index (χ0) is 11.4. The molecule has 0 aliphatic carbocycles. The molecule has 0 aromatic carbocycles. The van der Waals surface area contributed by atoms with Gasteiger partial charge in [0.25, 0.3) is 0 Å². The molecule has 0 saturated heterocycles. The SMILES string of the molecule is CCC(C)N(C)C(=O)Cn1cnc(N)n1. The van der Waals surface area contributed by atoms with Crippen LogP contribution in [0.5, 0.6) is 0 Å². The van der Waals surface area contributed by atoms with E-state index in [4.69, 9.17) is 5.73 Å². The number of rotatable bonds is 4. The van der Waals surface area contributed by atoms with Gasteiger partial charge in [-0.2, -0.15) is 0 Å². The van der Waals surface area contributed by atoms with Crippen LogP contribution in [-0.2, 0) is 11.3 Å². The highest BCUT2D eigenvalue weighted by Gasteiger charge is 2.14. The van der Waals surface area contributed by atoms with Gasteiger partial charge >= 0.3 is 0 Å². The summed E-state index contributed by atoms with van der Waals surface area (Å²) in [6.45, 7) is 4.24. The monoisotopic (exact) mass is 211 g/mol. The second-order valence-electron chi connectivity index (χ2n) is 3.56. The van der Waals surface area contributed by atoms with Crippen molar-refractivity contribution in [1.82, 2.24) is 19.7 Å². The number of likely N-dealkylation sites (N-methyl/N-ethyl adjacent to an activating group) is 1. The van der Waals surface area contributed by atoms with E-state index < -0.39 is 0 Å². The molecule has 1 rings (SSSR count). The van der Waals surface area contributed by atoms with Crippen molar-refractivity contribution in [2.24, 2.45) is 0 Å². The Morgan fingerprint density at radius 1 is 1.73 bits per heavy atom. The minimum absolute atomic E-state index is 0.00856. The molecule has 0 bridgehead atoms. The zero-order valence-corrected chi connectivity index (χ0v) is 9.34. The number of hydrogen-bond acceptors (Lipinski definition) is 4. The van der Waals surface area contributed by atoms with Crippen LogP contribution < -0.4 is 5.73 Å². The van der Waals surface area contributed by atoms with E-state index >= 15 is 0 Å². The first-order valence-corrected chi connectivity index (χ1v) is 4.95. The van der Waals surface area contributed by atoms with Crippen LogP contribution in [0, 0.1) is 0 Å². The van der Waals surface area contributed by atoms with Gasteiger partial charge in [0.2, 0.25) is 11.9 Å². The molecule has 1 atom stereocenters. The molecule has 1 amide bonds. The van der Waals surface area contributed by atoms with E-state index in [0.717, 1.165) is 6.42 Å². The molecule has 6 nitrogen and oxygen atoms in total. The average molecular weight is 211 g/mol. The molecular formula is C9H17N5O. The van der Waals surface area contributed by atoms with Crippen LogP contribution in [0.2, 0.25) is 0 Å². The van der Waals surface area contributed by atoms with Crippen LogP contribution in [0.4, 0.5) is 5.95 Å². The van der Waals surface area contributed by atoms with E-state index in [-0.39, 0.29) is 24.4 Å². The van der Waals surface area contributed by atoms with Crippen molar-refractivity contribution in [3.8, 4) is 0 Å². The highest BCUT2D eigenvalue weighted by molar-refractivity contribution is 5.75. The lowest BCUT2D eigenvalue weighted by Crippen LogP contribution is -2.37. The maximum atomic E-state index is 11.7. The Balaban J connectivity index is 2.55. The molecular weight excluding hydrogens is 194 g/mol.